The number of anilines is 2. The van der Waals surface area contributed by atoms with Gasteiger partial charge in [-0.25, -0.2) is 4.98 Å². The van der Waals surface area contributed by atoms with Crippen molar-refractivity contribution in [1.82, 2.24) is 14.9 Å². The van der Waals surface area contributed by atoms with Gasteiger partial charge in [-0.15, -0.1) is 0 Å². The molecule has 6 heteroatoms. The highest BCUT2D eigenvalue weighted by Crippen LogP contribution is 2.20. The third-order valence-corrected chi connectivity index (χ3v) is 2.66. The number of hydrogen-bond donors (Lipinski definition) is 1. The van der Waals surface area contributed by atoms with Gasteiger partial charge in [-0.05, 0) is 45.6 Å². The average Bonchev–Trinajstić information content (AvgIpc) is 2.28. The molecule has 0 aliphatic carbocycles. The molecule has 0 bridgehead atoms. The summed E-state index contributed by atoms with van der Waals surface area (Å²) in [7, 11) is 4.12. The van der Waals surface area contributed by atoms with Crippen molar-refractivity contribution < 1.29 is 0 Å². The predicted molar refractivity (Wildman–Crippen MR) is 72.5 cm³/mol. The number of halogens is 1. The van der Waals surface area contributed by atoms with Crippen LogP contribution in [0.5, 0.6) is 0 Å². The second-order valence-corrected chi connectivity index (χ2v) is 4.49. The van der Waals surface area contributed by atoms with Crippen LogP contribution >= 0.6 is 11.6 Å². The Morgan fingerprint density at radius 1 is 1.35 bits per heavy atom. The first-order chi connectivity index (χ1) is 8.04. The summed E-state index contributed by atoms with van der Waals surface area (Å²) in [6, 6.07) is 0. The van der Waals surface area contributed by atoms with Crippen molar-refractivity contribution in [1.29, 1.82) is 0 Å². The van der Waals surface area contributed by atoms with Gasteiger partial charge in [0.05, 0.1) is 11.9 Å². The van der Waals surface area contributed by atoms with E-state index in [9.17, 15) is 0 Å². The molecule has 0 aromatic carbocycles. The first-order valence-electron chi connectivity index (χ1n) is 5.72. The van der Waals surface area contributed by atoms with Gasteiger partial charge in [0.2, 0.25) is 5.28 Å². The van der Waals surface area contributed by atoms with Crippen LogP contribution in [0, 0.1) is 0 Å². The topological polar surface area (TPSA) is 58.3 Å². The molecule has 0 saturated carbocycles. The molecule has 1 rings (SSSR count). The maximum atomic E-state index is 5.86. The normalized spacial score (nSPS) is 10.9. The molecule has 0 atom stereocenters. The first-order valence-corrected chi connectivity index (χ1v) is 6.10. The summed E-state index contributed by atoms with van der Waals surface area (Å²) >= 11 is 5.79. The van der Waals surface area contributed by atoms with E-state index < -0.39 is 0 Å². The zero-order chi connectivity index (χ0) is 12.8. The van der Waals surface area contributed by atoms with Crippen molar-refractivity contribution in [3.05, 3.63) is 11.5 Å². The summed E-state index contributed by atoms with van der Waals surface area (Å²) in [6.07, 6.45) is 2.61. The van der Waals surface area contributed by atoms with E-state index in [1.165, 1.54) is 0 Å². The van der Waals surface area contributed by atoms with E-state index in [0.29, 0.717) is 5.69 Å². The fraction of sp³-hybridized carbons (Fsp3) is 0.636. The lowest BCUT2D eigenvalue weighted by Gasteiger charge is -2.23. The highest BCUT2D eigenvalue weighted by Gasteiger charge is 2.10. The zero-order valence-corrected chi connectivity index (χ0v) is 11.4. The summed E-state index contributed by atoms with van der Waals surface area (Å²) in [5, 5.41) is 0.236. The molecule has 0 radical (unpaired) electrons. The van der Waals surface area contributed by atoms with Crippen LogP contribution < -0.4 is 10.6 Å². The molecule has 0 unspecified atom stereocenters. The summed E-state index contributed by atoms with van der Waals surface area (Å²) in [6.45, 7) is 4.87. The van der Waals surface area contributed by atoms with Gasteiger partial charge in [-0.2, -0.15) is 4.98 Å². The Hall–Kier alpha value is -1.07. The van der Waals surface area contributed by atoms with Crippen LogP contribution in [0.25, 0.3) is 0 Å². The molecule has 96 valence electrons. The molecule has 0 aliphatic heterocycles. The van der Waals surface area contributed by atoms with Gasteiger partial charge in [0.15, 0.2) is 5.82 Å². The van der Waals surface area contributed by atoms with Crippen LogP contribution in [-0.2, 0) is 0 Å². The number of nitrogens with zero attached hydrogens (tertiary/aromatic N) is 4. The Morgan fingerprint density at radius 3 is 2.65 bits per heavy atom. The monoisotopic (exact) mass is 257 g/mol. The molecular formula is C11H20ClN5. The third kappa shape index (κ3) is 4.36. The molecule has 0 amide bonds. The van der Waals surface area contributed by atoms with Gasteiger partial charge in [0.1, 0.15) is 0 Å². The molecule has 1 heterocycles. The largest absolute Gasteiger partial charge is 0.394 e. The molecule has 1 aromatic rings. The van der Waals surface area contributed by atoms with E-state index in [-0.39, 0.29) is 5.28 Å². The Kier molecular flexibility index (Phi) is 5.44. The zero-order valence-electron chi connectivity index (χ0n) is 10.6. The van der Waals surface area contributed by atoms with Crippen LogP contribution in [-0.4, -0.2) is 48.6 Å². The van der Waals surface area contributed by atoms with Crippen molar-refractivity contribution in [2.45, 2.75) is 13.3 Å². The SMILES string of the molecule is CCN(CCCN(C)C)c1nc(Cl)ncc1N. The standard InChI is InChI=1S/C11H20ClN5/c1-4-17(7-5-6-16(2)3)10-9(13)8-14-11(12)15-10/h8H,4-7,13H2,1-3H3. The summed E-state index contributed by atoms with van der Waals surface area (Å²) in [5.74, 6) is 0.728. The van der Waals surface area contributed by atoms with Crippen LogP contribution in [0.3, 0.4) is 0 Å². The highest BCUT2D eigenvalue weighted by atomic mass is 35.5. The lowest BCUT2D eigenvalue weighted by atomic mass is 10.3. The lowest BCUT2D eigenvalue weighted by Crippen LogP contribution is -2.28. The van der Waals surface area contributed by atoms with Crippen LogP contribution in [0.15, 0.2) is 6.20 Å². The van der Waals surface area contributed by atoms with E-state index in [4.69, 9.17) is 17.3 Å². The minimum absolute atomic E-state index is 0.236. The Morgan fingerprint density at radius 2 is 2.06 bits per heavy atom. The predicted octanol–water partition coefficient (Wildman–Crippen LogP) is 1.49. The van der Waals surface area contributed by atoms with E-state index in [0.717, 1.165) is 31.9 Å². The Bertz CT molecular complexity index is 356. The molecule has 0 spiro atoms. The van der Waals surface area contributed by atoms with Gasteiger partial charge in [-0.1, -0.05) is 0 Å². The van der Waals surface area contributed by atoms with E-state index in [1.54, 1.807) is 6.20 Å². The fourth-order valence-electron chi connectivity index (χ4n) is 1.61. The van der Waals surface area contributed by atoms with E-state index in [1.807, 2.05) is 0 Å². The fourth-order valence-corrected chi connectivity index (χ4v) is 1.74. The minimum Gasteiger partial charge on any atom is -0.394 e. The van der Waals surface area contributed by atoms with Crippen molar-refractivity contribution in [3.63, 3.8) is 0 Å². The molecule has 2 N–H and O–H groups in total. The molecular weight excluding hydrogens is 238 g/mol. The molecule has 17 heavy (non-hydrogen) atoms. The van der Waals surface area contributed by atoms with Crippen LogP contribution in [0.2, 0.25) is 5.28 Å². The van der Waals surface area contributed by atoms with Crippen molar-refractivity contribution in [2.75, 3.05) is 44.4 Å². The van der Waals surface area contributed by atoms with Crippen LogP contribution in [0.4, 0.5) is 11.5 Å². The Labute approximate surface area is 108 Å². The van der Waals surface area contributed by atoms with Gasteiger partial charge >= 0.3 is 0 Å². The maximum Gasteiger partial charge on any atom is 0.224 e. The number of nitrogens with two attached hydrogens (primary N) is 1. The summed E-state index contributed by atoms with van der Waals surface area (Å²) < 4.78 is 0. The molecule has 1 aromatic heterocycles. The number of nitrogen functional groups attached to an aromatic ring is 1. The van der Waals surface area contributed by atoms with Crippen molar-refractivity contribution in [3.8, 4) is 0 Å². The van der Waals surface area contributed by atoms with Crippen LogP contribution in [0.1, 0.15) is 13.3 Å². The summed E-state index contributed by atoms with van der Waals surface area (Å²) in [4.78, 5) is 12.3. The van der Waals surface area contributed by atoms with Crippen molar-refractivity contribution in [2.24, 2.45) is 0 Å². The first kappa shape index (κ1) is 14.0. The molecule has 0 aliphatic rings. The smallest absolute Gasteiger partial charge is 0.224 e. The third-order valence-electron chi connectivity index (χ3n) is 2.48. The molecule has 0 saturated heterocycles. The van der Waals surface area contributed by atoms with Gasteiger partial charge in [0.25, 0.3) is 0 Å². The average molecular weight is 258 g/mol. The second-order valence-electron chi connectivity index (χ2n) is 4.15. The quantitative estimate of drug-likeness (QED) is 0.783. The number of rotatable bonds is 6. The van der Waals surface area contributed by atoms with Gasteiger partial charge in [-0.3, -0.25) is 0 Å². The van der Waals surface area contributed by atoms with Gasteiger partial charge < -0.3 is 15.5 Å². The second kappa shape index (κ2) is 6.61. The van der Waals surface area contributed by atoms with Crippen molar-refractivity contribution >= 4 is 23.1 Å². The number of hydrogen-bond acceptors (Lipinski definition) is 5. The lowest BCUT2D eigenvalue weighted by molar-refractivity contribution is 0.400. The number of aromatic nitrogens is 2. The van der Waals surface area contributed by atoms with E-state index in [2.05, 4.69) is 40.8 Å². The summed E-state index contributed by atoms with van der Waals surface area (Å²) in [5.41, 5.74) is 6.43. The highest BCUT2D eigenvalue weighted by molar-refractivity contribution is 6.28. The van der Waals surface area contributed by atoms with Gasteiger partial charge in [0, 0.05) is 13.1 Å². The minimum atomic E-state index is 0.236. The van der Waals surface area contributed by atoms with E-state index >= 15 is 0 Å². The molecule has 0 fully saturated rings. The maximum absolute atomic E-state index is 5.86. The Balaban J connectivity index is 2.68. The molecule has 5 nitrogen and oxygen atoms in total.